The highest BCUT2D eigenvalue weighted by Crippen LogP contribution is 2.36. The summed E-state index contributed by atoms with van der Waals surface area (Å²) in [7, 11) is 0. The van der Waals surface area contributed by atoms with Crippen molar-refractivity contribution in [2.24, 2.45) is 4.99 Å². The molecule has 1 aliphatic rings. The quantitative estimate of drug-likeness (QED) is 0.649. The number of carbonyl (C=O) groups is 1. The Morgan fingerprint density at radius 1 is 1.25 bits per heavy atom. The molecule has 0 N–H and O–H groups in total. The molecule has 0 unspecified atom stereocenters. The number of amides is 1. The lowest BCUT2D eigenvalue weighted by molar-refractivity contribution is 0.0998. The Morgan fingerprint density at radius 3 is 2.67 bits per heavy atom. The van der Waals surface area contributed by atoms with Gasteiger partial charge in [-0.25, -0.2) is 0 Å². The molecule has 5 nitrogen and oxygen atoms in total. The van der Waals surface area contributed by atoms with Gasteiger partial charge in [-0.05, 0) is 31.2 Å². The molecule has 24 heavy (non-hydrogen) atoms. The number of hydrogen-bond acceptors (Lipinski definition) is 4. The van der Waals surface area contributed by atoms with Crippen LogP contribution in [0, 0.1) is 0 Å². The minimum atomic E-state index is -0.253. The van der Waals surface area contributed by atoms with Crippen LogP contribution >= 0.6 is 27.3 Å². The van der Waals surface area contributed by atoms with Crippen molar-refractivity contribution < 1.29 is 14.3 Å². The molecular formula is C17H13BrN2O3S. The van der Waals surface area contributed by atoms with Crippen molar-refractivity contribution in [2.75, 3.05) is 6.79 Å². The summed E-state index contributed by atoms with van der Waals surface area (Å²) >= 11 is 4.84. The molecule has 0 saturated carbocycles. The smallest absolute Gasteiger partial charge is 0.279 e. The first-order chi connectivity index (χ1) is 11.7. The van der Waals surface area contributed by atoms with E-state index in [1.165, 1.54) is 11.3 Å². The van der Waals surface area contributed by atoms with Gasteiger partial charge in [-0.1, -0.05) is 27.3 Å². The number of aryl methyl sites for hydroxylation is 1. The highest BCUT2D eigenvalue weighted by molar-refractivity contribution is 9.10. The number of fused-ring (bicyclic) bond motifs is 2. The maximum Gasteiger partial charge on any atom is 0.279 e. The summed E-state index contributed by atoms with van der Waals surface area (Å²) in [6.07, 6.45) is 0. The number of carbonyl (C=O) groups excluding carboxylic acids is 1. The number of nitrogens with zero attached hydrogens (tertiary/aromatic N) is 2. The number of rotatable bonds is 2. The van der Waals surface area contributed by atoms with E-state index in [0.29, 0.717) is 16.9 Å². The monoisotopic (exact) mass is 404 g/mol. The van der Waals surface area contributed by atoms with E-state index in [-0.39, 0.29) is 12.7 Å². The molecule has 1 aromatic heterocycles. The molecule has 4 rings (SSSR count). The van der Waals surface area contributed by atoms with Gasteiger partial charge in [0.2, 0.25) is 6.79 Å². The largest absolute Gasteiger partial charge is 0.454 e. The fourth-order valence-corrected chi connectivity index (χ4v) is 3.96. The predicted molar refractivity (Wildman–Crippen MR) is 95.6 cm³/mol. The van der Waals surface area contributed by atoms with E-state index >= 15 is 0 Å². The lowest BCUT2D eigenvalue weighted by Gasteiger charge is -2.01. The van der Waals surface area contributed by atoms with Gasteiger partial charge in [0.05, 0.1) is 10.2 Å². The third kappa shape index (κ3) is 2.63. The summed E-state index contributed by atoms with van der Waals surface area (Å²) in [4.78, 5) is 17.4. The summed E-state index contributed by atoms with van der Waals surface area (Å²) in [6, 6.07) is 11.1. The van der Waals surface area contributed by atoms with E-state index in [2.05, 4.69) is 20.9 Å². The van der Waals surface area contributed by atoms with E-state index in [0.717, 1.165) is 26.2 Å². The molecule has 2 heterocycles. The molecule has 1 amide bonds. The van der Waals surface area contributed by atoms with E-state index in [4.69, 9.17) is 9.47 Å². The van der Waals surface area contributed by atoms with Crippen molar-refractivity contribution in [3.05, 3.63) is 51.2 Å². The number of ether oxygens (including phenoxy) is 2. The van der Waals surface area contributed by atoms with Crippen LogP contribution in [0.3, 0.4) is 0 Å². The normalized spacial score (nSPS) is 13.7. The highest BCUT2D eigenvalue weighted by Gasteiger charge is 2.17. The van der Waals surface area contributed by atoms with Crippen LogP contribution in [0.4, 0.5) is 0 Å². The van der Waals surface area contributed by atoms with E-state index < -0.39 is 0 Å². The van der Waals surface area contributed by atoms with Crippen LogP contribution in [0.15, 0.2) is 45.9 Å². The Morgan fingerprint density at radius 2 is 1.96 bits per heavy atom. The van der Waals surface area contributed by atoms with E-state index in [9.17, 15) is 4.79 Å². The van der Waals surface area contributed by atoms with Crippen LogP contribution in [-0.2, 0) is 6.54 Å². The van der Waals surface area contributed by atoms with Crippen LogP contribution in [0.1, 0.15) is 17.3 Å². The molecule has 0 saturated heterocycles. The summed E-state index contributed by atoms with van der Waals surface area (Å²) in [5.74, 6) is 1.21. The summed E-state index contributed by atoms with van der Waals surface area (Å²) in [5, 5.41) is 0. The molecular weight excluding hydrogens is 392 g/mol. The predicted octanol–water partition coefficient (Wildman–Crippen LogP) is 3.96. The van der Waals surface area contributed by atoms with Gasteiger partial charge in [0.1, 0.15) is 0 Å². The molecule has 0 bridgehead atoms. The average Bonchev–Trinajstić information content (AvgIpc) is 3.16. The molecule has 0 atom stereocenters. The van der Waals surface area contributed by atoms with Crippen LogP contribution < -0.4 is 14.3 Å². The second-order valence-corrected chi connectivity index (χ2v) is 7.15. The van der Waals surface area contributed by atoms with Crippen molar-refractivity contribution in [1.82, 2.24) is 4.57 Å². The number of aromatic nitrogens is 1. The second-order valence-electron chi connectivity index (χ2n) is 5.23. The highest BCUT2D eigenvalue weighted by atomic mass is 79.9. The molecule has 0 fully saturated rings. The van der Waals surface area contributed by atoms with Crippen molar-refractivity contribution in [1.29, 1.82) is 0 Å². The Balaban J connectivity index is 1.83. The summed E-state index contributed by atoms with van der Waals surface area (Å²) in [5.41, 5.74) is 1.56. The zero-order chi connectivity index (χ0) is 16.7. The van der Waals surface area contributed by atoms with Gasteiger partial charge in [0, 0.05) is 28.7 Å². The maximum atomic E-state index is 12.4. The minimum Gasteiger partial charge on any atom is -0.454 e. The van der Waals surface area contributed by atoms with Crippen LogP contribution in [0.25, 0.3) is 10.2 Å². The molecule has 2 aromatic carbocycles. The Labute approximate surface area is 150 Å². The molecule has 0 radical (unpaired) electrons. The van der Waals surface area contributed by atoms with Gasteiger partial charge < -0.3 is 14.0 Å². The average molecular weight is 405 g/mol. The molecule has 0 spiro atoms. The zero-order valence-corrected chi connectivity index (χ0v) is 15.2. The first kappa shape index (κ1) is 15.4. The third-order valence-corrected chi connectivity index (χ3v) is 5.35. The second kappa shape index (κ2) is 6.07. The van der Waals surface area contributed by atoms with Crippen molar-refractivity contribution in [3.63, 3.8) is 0 Å². The molecule has 122 valence electrons. The number of thiazole rings is 1. The van der Waals surface area contributed by atoms with E-state index in [1.807, 2.05) is 35.8 Å². The molecule has 3 aromatic rings. The van der Waals surface area contributed by atoms with Crippen molar-refractivity contribution in [2.45, 2.75) is 13.5 Å². The summed E-state index contributed by atoms with van der Waals surface area (Å²) < 4.78 is 14.8. The maximum absolute atomic E-state index is 12.4. The van der Waals surface area contributed by atoms with Gasteiger partial charge >= 0.3 is 0 Å². The number of halogens is 1. The SMILES string of the molecule is CCn1c(=NC(=O)c2ccc(Br)cc2)sc2cc3c(cc21)OCO3. The van der Waals surface area contributed by atoms with Crippen LogP contribution in [0.2, 0.25) is 0 Å². The van der Waals surface area contributed by atoms with Gasteiger partial charge in [-0.3, -0.25) is 4.79 Å². The van der Waals surface area contributed by atoms with Gasteiger partial charge in [0.15, 0.2) is 16.3 Å². The first-order valence-corrected chi connectivity index (χ1v) is 9.04. The topological polar surface area (TPSA) is 52.8 Å². The van der Waals surface area contributed by atoms with Crippen LogP contribution in [0.5, 0.6) is 11.5 Å². The van der Waals surface area contributed by atoms with E-state index in [1.54, 1.807) is 12.1 Å². The minimum absolute atomic E-state index is 0.248. The summed E-state index contributed by atoms with van der Waals surface area (Å²) in [6.45, 7) is 2.99. The first-order valence-electron chi connectivity index (χ1n) is 7.43. The zero-order valence-electron chi connectivity index (χ0n) is 12.8. The molecule has 1 aliphatic heterocycles. The van der Waals surface area contributed by atoms with Gasteiger partial charge in [0.25, 0.3) is 5.91 Å². The number of benzene rings is 2. The molecule has 0 aliphatic carbocycles. The fraction of sp³-hybridized carbons (Fsp3) is 0.176. The van der Waals surface area contributed by atoms with Gasteiger partial charge in [-0.2, -0.15) is 4.99 Å². The van der Waals surface area contributed by atoms with Crippen molar-refractivity contribution >= 4 is 43.4 Å². The van der Waals surface area contributed by atoms with Gasteiger partial charge in [-0.15, -0.1) is 0 Å². The molecule has 7 heteroatoms. The van der Waals surface area contributed by atoms with Crippen molar-refractivity contribution in [3.8, 4) is 11.5 Å². The Kier molecular flexibility index (Phi) is 3.90. The lowest BCUT2D eigenvalue weighted by Crippen LogP contribution is -2.15. The fourth-order valence-electron chi connectivity index (χ4n) is 2.59. The third-order valence-electron chi connectivity index (χ3n) is 3.78. The lowest BCUT2D eigenvalue weighted by atomic mass is 10.2. The van der Waals surface area contributed by atoms with Crippen LogP contribution in [-0.4, -0.2) is 17.3 Å². The Hall–Kier alpha value is -2.12. The Bertz CT molecular complexity index is 1010. The standard InChI is InChI=1S/C17H13BrN2O3S/c1-2-20-12-7-13-14(23-9-22-13)8-15(12)24-17(20)19-16(21)10-3-5-11(18)6-4-10/h3-8H,2,9H2,1H3. The number of hydrogen-bond donors (Lipinski definition) is 0.